The van der Waals surface area contributed by atoms with Crippen LogP contribution in [0.1, 0.15) is 19.3 Å². The zero-order chi connectivity index (χ0) is 12.5. The predicted octanol–water partition coefficient (Wildman–Crippen LogP) is 1.55. The van der Waals surface area contributed by atoms with E-state index in [4.69, 9.17) is 0 Å². The minimum absolute atomic E-state index is 0.0949. The molecule has 96 valence electrons. The van der Waals surface area contributed by atoms with Gasteiger partial charge in [-0.25, -0.2) is 4.98 Å². The highest BCUT2D eigenvalue weighted by Crippen LogP contribution is 2.37. The largest absolute Gasteiger partial charge is 0.309 e. The highest BCUT2D eigenvalue weighted by Gasteiger charge is 2.42. The van der Waals surface area contributed by atoms with Crippen molar-refractivity contribution in [3.8, 4) is 0 Å². The lowest BCUT2D eigenvalue weighted by Gasteiger charge is -2.17. The number of carbonyl (C=O) groups is 1. The van der Waals surface area contributed by atoms with Crippen molar-refractivity contribution in [3.63, 3.8) is 0 Å². The van der Waals surface area contributed by atoms with E-state index < -0.39 is 5.95 Å². The van der Waals surface area contributed by atoms with Gasteiger partial charge in [0, 0.05) is 0 Å². The number of hydrogen-bond donors (Lipinski definition) is 2. The summed E-state index contributed by atoms with van der Waals surface area (Å²) in [6.45, 7) is 0.916. The van der Waals surface area contributed by atoms with Crippen LogP contribution < -0.4 is 10.6 Å². The molecule has 1 aromatic rings. The summed E-state index contributed by atoms with van der Waals surface area (Å²) in [7, 11) is 0. The van der Waals surface area contributed by atoms with Crippen molar-refractivity contribution in [3.05, 3.63) is 24.1 Å². The van der Waals surface area contributed by atoms with Gasteiger partial charge in [0.1, 0.15) is 5.82 Å². The van der Waals surface area contributed by atoms with E-state index in [1.165, 1.54) is 18.9 Å². The second-order valence-electron chi connectivity index (χ2n) is 5.08. The maximum absolute atomic E-state index is 12.9. The highest BCUT2D eigenvalue weighted by molar-refractivity contribution is 5.94. The van der Waals surface area contributed by atoms with Crippen LogP contribution >= 0.6 is 0 Å². The molecule has 1 aliphatic heterocycles. The summed E-state index contributed by atoms with van der Waals surface area (Å²) in [5, 5.41) is 5.94. The SMILES string of the molecule is O=C(Nc1cccc(F)n1)C1NCC2CCCC21. The zero-order valence-corrected chi connectivity index (χ0v) is 10.0. The first-order chi connectivity index (χ1) is 8.74. The molecule has 3 rings (SSSR count). The number of carbonyl (C=O) groups excluding carboxylic acids is 1. The van der Waals surface area contributed by atoms with Crippen molar-refractivity contribution in [2.24, 2.45) is 11.8 Å². The molecule has 0 spiro atoms. The predicted molar refractivity (Wildman–Crippen MR) is 65.4 cm³/mol. The number of halogens is 1. The fourth-order valence-electron chi connectivity index (χ4n) is 3.16. The Morgan fingerprint density at radius 1 is 1.44 bits per heavy atom. The van der Waals surface area contributed by atoms with E-state index in [9.17, 15) is 9.18 Å². The Labute approximate surface area is 105 Å². The fourth-order valence-corrected chi connectivity index (χ4v) is 3.16. The number of fused-ring (bicyclic) bond motifs is 1. The summed E-state index contributed by atoms with van der Waals surface area (Å²) in [6.07, 6.45) is 3.52. The Morgan fingerprint density at radius 2 is 2.33 bits per heavy atom. The molecule has 1 saturated heterocycles. The molecule has 3 atom stereocenters. The van der Waals surface area contributed by atoms with Gasteiger partial charge in [-0.1, -0.05) is 12.5 Å². The van der Waals surface area contributed by atoms with E-state index in [1.54, 1.807) is 12.1 Å². The Hall–Kier alpha value is -1.49. The highest BCUT2D eigenvalue weighted by atomic mass is 19.1. The number of pyridine rings is 1. The number of amides is 1. The third-order valence-corrected chi connectivity index (χ3v) is 3.99. The number of anilines is 1. The second-order valence-corrected chi connectivity index (χ2v) is 5.08. The van der Waals surface area contributed by atoms with Gasteiger partial charge in [0.15, 0.2) is 0 Å². The average molecular weight is 249 g/mol. The van der Waals surface area contributed by atoms with Crippen LogP contribution in [0.5, 0.6) is 0 Å². The molecule has 1 aliphatic carbocycles. The minimum atomic E-state index is -0.578. The zero-order valence-electron chi connectivity index (χ0n) is 10.0. The normalized spacial score (nSPS) is 30.2. The molecule has 2 fully saturated rings. The number of rotatable bonds is 2. The molecule has 1 aromatic heterocycles. The molecule has 1 amide bonds. The first-order valence-electron chi connectivity index (χ1n) is 6.41. The molecule has 0 bridgehead atoms. The lowest BCUT2D eigenvalue weighted by molar-refractivity contribution is -0.118. The van der Waals surface area contributed by atoms with E-state index in [0.717, 1.165) is 13.0 Å². The lowest BCUT2D eigenvalue weighted by Crippen LogP contribution is -2.39. The van der Waals surface area contributed by atoms with E-state index in [2.05, 4.69) is 15.6 Å². The molecule has 2 N–H and O–H groups in total. The van der Waals surface area contributed by atoms with Gasteiger partial charge < -0.3 is 10.6 Å². The summed E-state index contributed by atoms with van der Waals surface area (Å²) in [5.74, 6) is 0.663. The molecular weight excluding hydrogens is 233 g/mol. The Morgan fingerprint density at radius 3 is 3.17 bits per heavy atom. The van der Waals surface area contributed by atoms with Crippen molar-refractivity contribution >= 4 is 11.7 Å². The topological polar surface area (TPSA) is 54.0 Å². The Balaban J connectivity index is 1.68. The first-order valence-corrected chi connectivity index (χ1v) is 6.41. The van der Waals surface area contributed by atoms with Gasteiger partial charge in [-0.05, 0) is 43.4 Å². The Bertz CT molecular complexity index is 465. The third kappa shape index (κ3) is 2.10. The van der Waals surface area contributed by atoms with Gasteiger partial charge in [0.05, 0.1) is 6.04 Å². The summed E-state index contributed by atoms with van der Waals surface area (Å²) in [4.78, 5) is 15.8. The molecule has 2 aliphatic rings. The van der Waals surface area contributed by atoms with Crippen molar-refractivity contribution < 1.29 is 9.18 Å². The van der Waals surface area contributed by atoms with E-state index in [0.29, 0.717) is 11.8 Å². The molecule has 0 aromatic carbocycles. The molecule has 2 heterocycles. The first kappa shape index (κ1) is 11.6. The van der Waals surface area contributed by atoms with Crippen LogP contribution in [-0.2, 0) is 4.79 Å². The Kier molecular flexibility index (Phi) is 2.99. The standard InChI is InChI=1S/C13H16FN3O/c14-10-5-2-6-11(16-10)17-13(18)12-9-4-1-3-8(9)7-15-12/h2,5-6,8-9,12,15H,1,3-4,7H2,(H,16,17,18). The van der Waals surface area contributed by atoms with Gasteiger partial charge >= 0.3 is 0 Å². The summed E-state index contributed by atoms with van der Waals surface area (Å²) in [5.41, 5.74) is 0. The van der Waals surface area contributed by atoms with E-state index in [-0.39, 0.29) is 17.8 Å². The molecular formula is C13H16FN3O. The van der Waals surface area contributed by atoms with Crippen molar-refractivity contribution in [2.45, 2.75) is 25.3 Å². The molecule has 4 nitrogen and oxygen atoms in total. The quantitative estimate of drug-likeness (QED) is 0.782. The van der Waals surface area contributed by atoms with E-state index in [1.807, 2.05) is 0 Å². The number of nitrogens with zero attached hydrogens (tertiary/aromatic N) is 1. The summed E-state index contributed by atoms with van der Waals surface area (Å²) >= 11 is 0. The molecule has 18 heavy (non-hydrogen) atoms. The molecule has 3 unspecified atom stereocenters. The van der Waals surface area contributed by atoms with Crippen LogP contribution in [0.15, 0.2) is 18.2 Å². The van der Waals surface area contributed by atoms with Gasteiger partial charge in [-0.15, -0.1) is 0 Å². The summed E-state index contributed by atoms with van der Waals surface area (Å²) in [6, 6.07) is 4.25. The number of hydrogen-bond acceptors (Lipinski definition) is 3. The molecule has 5 heteroatoms. The van der Waals surface area contributed by atoms with Crippen LogP contribution in [0.25, 0.3) is 0 Å². The van der Waals surface area contributed by atoms with Crippen LogP contribution in [0.4, 0.5) is 10.2 Å². The summed E-state index contributed by atoms with van der Waals surface area (Å²) < 4.78 is 12.9. The smallest absolute Gasteiger partial charge is 0.242 e. The van der Waals surface area contributed by atoms with Crippen molar-refractivity contribution in [1.29, 1.82) is 0 Å². The van der Waals surface area contributed by atoms with Gasteiger partial charge in [-0.3, -0.25) is 4.79 Å². The minimum Gasteiger partial charge on any atom is -0.309 e. The van der Waals surface area contributed by atoms with Crippen LogP contribution in [0.2, 0.25) is 0 Å². The van der Waals surface area contributed by atoms with Crippen LogP contribution in [-0.4, -0.2) is 23.5 Å². The fraction of sp³-hybridized carbons (Fsp3) is 0.538. The number of aromatic nitrogens is 1. The van der Waals surface area contributed by atoms with Crippen molar-refractivity contribution in [2.75, 3.05) is 11.9 Å². The number of nitrogens with one attached hydrogen (secondary N) is 2. The molecule has 0 radical (unpaired) electrons. The monoisotopic (exact) mass is 249 g/mol. The van der Waals surface area contributed by atoms with Crippen molar-refractivity contribution in [1.82, 2.24) is 10.3 Å². The van der Waals surface area contributed by atoms with Gasteiger partial charge in [-0.2, -0.15) is 4.39 Å². The maximum Gasteiger partial charge on any atom is 0.242 e. The van der Waals surface area contributed by atoms with Gasteiger partial charge in [0.25, 0.3) is 0 Å². The van der Waals surface area contributed by atoms with Crippen LogP contribution in [0, 0.1) is 17.8 Å². The third-order valence-electron chi connectivity index (χ3n) is 3.99. The van der Waals surface area contributed by atoms with Crippen LogP contribution in [0.3, 0.4) is 0 Å². The maximum atomic E-state index is 12.9. The lowest BCUT2D eigenvalue weighted by atomic mass is 9.94. The van der Waals surface area contributed by atoms with E-state index >= 15 is 0 Å². The van der Waals surface area contributed by atoms with Gasteiger partial charge in [0.2, 0.25) is 11.9 Å². The average Bonchev–Trinajstić information content (AvgIpc) is 2.89. The second kappa shape index (κ2) is 4.65. The molecule has 1 saturated carbocycles.